The van der Waals surface area contributed by atoms with E-state index >= 15 is 0 Å². The number of nitrogens with one attached hydrogen (secondary N) is 2. The first-order valence-electron chi connectivity index (χ1n) is 12.6. The van der Waals surface area contributed by atoms with Gasteiger partial charge in [-0.25, -0.2) is 4.79 Å². The molecule has 0 bridgehead atoms. The quantitative estimate of drug-likeness (QED) is 0.235. The topological polar surface area (TPSA) is 111 Å². The molecule has 4 aromatic rings. The standard InChI is InChI=1S/C30H25F3N2O6/c1-2-9-22(34-29(39)40-17-18-10-5-3-6-11-18)28(38)35-25-24(26(36)27(25)37)21-15-14-19(30(31,32)33)16-23(21)41-20-12-7-4-8-13-20/h3-8,10-16,22H,2,9,17H2,1H3,(H,34,39)(H,35,38)/t22-/m0/s1. The van der Waals surface area contributed by atoms with Gasteiger partial charge in [0.25, 0.3) is 5.43 Å². The summed E-state index contributed by atoms with van der Waals surface area (Å²) in [5.74, 6) is -0.936. The van der Waals surface area contributed by atoms with Crippen LogP contribution in [0.5, 0.6) is 11.5 Å². The van der Waals surface area contributed by atoms with Crippen LogP contribution < -0.4 is 26.2 Å². The number of hydrogen-bond donors (Lipinski definition) is 2. The fraction of sp³-hybridized carbons (Fsp3) is 0.200. The van der Waals surface area contributed by atoms with Gasteiger partial charge >= 0.3 is 12.3 Å². The minimum absolute atomic E-state index is 0.0342. The van der Waals surface area contributed by atoms with Crippen molar-refractivity contribution in [3.8, 4) is 22.6 Å². The molecule has 0 aliphatic rings. The lowest BCUT2D eigenvalue weighted by molar-refractivity contribution is -0.137. The maximum atomic E-state index is 13.4. The number of ether oxygens (including phenoxy) is 2. The van der Waals surface area contributed by atoms with Gasteiger partial charge in [0.15, 0.2) is 0 Å². The molecule has 0 aliphatic heterocycles. The summed E-state index contributed by atoms with van der Waals surface area (Å²) in [7, 11) is 0. The van der Waals surface area contributed by atoms with E-state index in [-0.39, 0.29) is 35.7 Å². The number of para-hydroxylation sites is 1. The minimum atomic E-state index is -4.70. The van der Waals surface area contributed by atoms with E-state index in [0.717, 1.165) is 23.8 Å². The molecular formula is C30H25F3N2O6. The molecule has 4 rings (SSSR count). The Balaban J connectivity index is 1.58. The highest BCUT2D eigenvalue weighted by Gasteiger charge is 2.34. The maximum absolute atomic E-state index is 13.4. The fourth-order valence-electron chi connectivity index (χ4n) is 4.05. The fourth-order valence-corrected chi connectivity index (χ4v) is 4.05. The van der Waals surface area contributed by atoms with Gasteiger partial charge in [-0.2, -0.15) is 13.2 Å². The molecule has 0 spiro atoms. The molecule has 212 valence electrons. The molecule has 1 atom stereocenters. The number of anilines is 1. The van der Waals surface area contributed by atoms with Gasteiger partial charge in [-0.15, -0.1) is 0 Å². The predicted octanol–water partition coefficient (Wildman–Crippen LogP) is 5.79. The van der Waals surface area contributed by atoms with Crippen molar-refractivity contribution in [1.29, 1.82) is 0 Å². The lowest BCUT2D eigenvalue weighted by atomic mass is 9.96. The van der Waals surface area contributed by atoms with Crippen LogP contribution in [-0.2, 0) is 22.3 Å². The smallest absolute Gasteiger partial charge is 0.416 e. The van der Waals surface area contributed by atoms with E-state index in [4.69, 9.17) is 9.47 Å². The average molecular weight is 567 g/mol. The largest absolute Gasteiger partial charge is 0.457 e. The van der Waals surface area contributed by atoms with Gasteiger partial charge in [-0.3, -0.25) is 14.4 Å². The SMILES string of the molecule is CCC[C@H](NC(=O)OCc1ccccc1)C(=O)Nc1c(-c2ccc(C(F)(F)F)cc2Oc2ccccc2)c(=O)c1=O. The summed E-state index contributed by atoms with van der Waals surface area (Å²) in [5, 5.41) is 4.82. The van der Waals surface area contributed by atoms with Crippen molar-refractivity contribution in [3.63, 3.8) is 0 Å². The Labute approximate surface area is 232 Å². The molecule has 4 aromatic carbocycles. The van der Waals surface area contributed by atoms with Gasteiger partial charge in [0.2, 0.25) is 11.3 Å². The zero-order valence-electron chi connectivity index (χ0n) is 21.8. The van der Waals surface area contributed by atoms with Crippen LogP contribution >= 0.6 is 0 Å². The van der Waals surface area contributed by atoms with E-state index in [1.807, 2.05) is 6.07 Å². The Hall–Kier alpha value is -4.93. The number of alkyl carbamates (subject to hydrolysis) is 1. The second kappa shape index (κ2) is 12.5. The number of hydrogen-bond acceptors (Lipinski definition) is 6. The first-order valence-corrected chi connectivity index (χ1v) is 12.6. The molecular weight excluding hydrogens is 541 g/mol. The zero-order valence-corrected chi connectivity index (χ0v) is 21.8. The summed E-state index contributed by atoms with van der Waals surface area (Å²) in [5.41, 5.74) is -3.14. The van der Waals surface area contributed by atoms with Crippen LogP contribution in [0.25, 0.3) is 11.1 Å². The molecule has 0 radical (unpaired) electrons. The summed E-state index contributed by atoms with van der Waals surface area (Å²) in [6.45, 7) is 1.74. The van der Waals surface area contributed by atoms with Crippen LogP contribution in [0, 0.1) is 0 Å². The first kappa shape index (κ1) is 29.1. The van der Waals surface area contributed by atoms with Crippen LogP contribution in [0.15, 0.2) is 88.5 Å². The Kier molecular flexibility index (Phi) is 8.86. The molecule has 2 N–H and O–H groups in total. The van der Waals surface area contributed by atoms with E-state index in [1.165, 1.54) is 12.1 Å². The van der Waals surface area contributed by atoms with Crippen LogP contribution in [-0.4, -0.2) is 18.0 Å². The molecule has 11 heteroatoms. The second-order valence-electron chi connectivity index (χ2n) is 9.07. The van der Waals surface area contributed by atoms with Gasteiger partial charge < -0.3 is 20.1 Å². The molecule has 2 amide bonds. The molecule has 0 fully saturated rings. The third kappa shape index (κ3) is 6.99. The highest BCUT2D eigenvalue weighted by molar-refractivity contribution is 6.01. The van der Waals surface area contributed by atoms with Gasteiger partial charge in [0.1, 0.15) is 29.8 Å². The highest BCUT2D eigenvalue weighted by atomic mass is 19.4. The number of carbonyl (C=O) groups is 2. The summed E-state index contributed by atoms with van der Waals surface area (Å²) < 4.78 is 51.2. The van der Waals surface area contributed by atoms with Crippen molar-refractivity contribution in [2.45, 2.75) is 38.6 Å². The second-order valence-corrected chi connectivity index (χ2v) is 9.07. The van der Waals surface area contributed by atoms with E-state index in [0.29, 0.717) is 6.42 Å². The molecule has 0 saturated heterocycles. The number of rotatable bonds is 10. The van der Waals surface area contributed by atoms with Crippen molar-refractivity contribution in [3.05, 3.63) is 110 Å². The Bertz CT molecular complexity index is 1600. The molecule has 0 aliphatic carbocycles. The number of benzene rings is 3. The molecule has 0 heterocycles. The van der Waals surface area contributed by atoms with Crippen LogP contribution in [0.1, 0.15) is 30.9 Å². The van der Waals surface area contributed by atoms with Crippen molar-refractivity contribution < 1.29 is 32.2 Å². The Morgan fingerprint density at radius 1 is 0.902 bits per heavy atom. The van der Waals surface area contributed by atoms with E-state index in [9.17, 15) is 32.3 Å². The van der Waals surface area contributed by atoms with Gasteiger partial charge in [-0.1, -0.05) is 61.9 Å². The number of carbonyl (C=O) groups excluding carboxylic acids is 2. The van der Waals surface area contributed by atoms with E-state index in [2.05, 4.69) is 10.6 Å². The number of alkyl halides is 3. The van der Waals surface area contributed by atoms with Crippen molar-refractivity contribution in [1.82, 2.24) is 5.32 Å². The van der Waals surface area contributed by atoms with Crippen molar-refractivity contribution >= 4 is 17.7 Å². The number of amides is 2. The van der Waals surface area contributed by atoms with Crippen molar-refractivity contribution in [2.75, 3.05) is 5.32 Å². The first-order chi connectivity index (χ1) is 19.6. The maximum Gasteiger partial charge on any atom is 0.416 e. The average Bonchev–Trinajstić information content (AvgIpc) is 2.96. The third-order valence-electron chi connectivity index (χ3n) is 6.11. The Morgan fingerprint density at radius 2 is 1.56 bits per heavy atom. The van der Waals surface area contributed by atoms with Gasteiger partial charge in [0, 0.05) is 5.56 Å². The van der Waals surface area contributed by atoms with E-state index < -0.39 is 46.3 Å². The molecule has 8 nitrogen and oxygen atoms in total. The highest BCUT2D eigenvalue weighted by Crippen LogP contribution is 2.40. The van der Waals surface area contributed by atoms with Crippen LogP contribution in [0.4, 0.5) is 23.7 Å². The normalized spacial score (nSPS) is 12.0. The van der Waals surface area contributed by atoms with Crippen LogP contribution in [0.3, 0.4) is 0 Å². The van der Waals surface area contributed by atoms with Crippen LogP contribution in [0.2, 0.25) is 0 Å². The van der Waals surface area contributed by atoms with E-state index in [1.54, 1.807) is 49.4 Å². The third-order valence-corrected chi connectivity index (χ3v) is 6.11. The lowest BCUT2D eigenvalue weighted by Gasteiger charge is -2.21. The summed E-state index contributed by atoms with van der Waals surface area (Å²) >= 11 is 0. The number of halogens is 3. The lowest BCUT2D eigenvalue weighted by Crippen LogP contribution is -2.46. The molecule has 41 heavy (non-hydrogen) atoms. The van der Waals surface area contributed by atoms with Crippen molar-refractivity contribution in [2.24, 2.45) is 0 Å². The zero-order chi connectivity index (χ0) is 29.6. The summed E-state index contributed by atoms with van der Waals surface area (Å²) in [6, 6.07) is 18.1. The summed E-state index contributed by atoms with van der Waals surface area (Å²) in [4.78, 5) is 50.5. The van der Waals surface area contributed by atoms with Gasteiger partial charge in [0.05, 0.1) is 11.1 Å². The monoisotopic (exact) mass is 566 g/mol. The Morgan fingerprint density at radius 3 is 2.20 bits per heavy atom. The summed E-state index contributed by atoms with van der Waals surface area (Å²) in [6.07, 6.45) is -4.91. The minimum Gasteiger partial charge on any atom is -0.457 e. The predicted molar refractivity (Wildman–Crippen MR) is 145 cm³/mol. The molecule has 0 saturated carbocycles. The molecule has 0 unspecified atom stereocenters. The van der Waals surface area contributed by atoms with Gasteiger partial charge in [-0.05, 0) is 42.3 Å². The molecule has 0 aromatic heterocycles.